The van der Waals surface area contributed by atoms with Gasteiger partial charge < -0.3 is 10.0 Å². The van der Waals surface area contributed by atoms with Crippen LogP contribution in [0.3, 0.4) is 0 Å². The van der Waals surface area contributed by atoms with Crippen molar-refractivity contribution >= 4 is 122 Å². The zero-order chi connectivity index (χ0) is 34.1. The van der Waals surface area contributed by atoms with Gasteiger partial charge in [0.2, 0.25) is 0 Å². The van der Waals surface area contributed by atoms with Crippen LogP contribution in [0.1, 0.15) is 10.4 Å². The van der Waals surface area contributed by atoms with E-state index in [9.17, 15) is 20.2 Å². The van der Waals surface area contributed by atoms with E-state index in [-0.39, 0.29) is 16.3 Å². The highest BCUT2D eigenvalue weighted by atomic mass is 79.9. The second kappa shape index (κ2) is 17.7. The standard InChI is InChI=1S/C11H7BrS.C10H6BrNO2S.C6H3Br2NO2.C4H5BO2S/c12-8-2-1-7-5-11-9(3-4-13-11)10(7)6-8;11-8-1-2-10(12(13)14)9(5-8)7-3-4-15-6-7;7-4-1-2-6(9(10)11)5(8)3-4;6-5(7)4-1-2-8-3-4/h1-4,6H,5H2;1-6H;1-3H;1-3,6-7H. The third-order valence-corrected chi connectivity index (χ3v) is 10.8. The van der Waals surface area contributed by atoms with Crippen molar-refractivity contribution in [1.29, 1.82) is 0 Å². The van der Waals surface area contributed by atoms with Gasteiger partial charge in [0, 0.05) is 36.8 Å². The molecule has 47 heavy (non-hydrogen) atoms. The summed E-state index contributed by atoms with van der Waals surface area (Å²) in [6, 6.07) is 22.0. The summed E-state index contributed by atoms with van der Waals surface area (Å²) in [5, 5.41) is 47.5. The molecule has 1 aliphatic carbocycles. The van der Waals surface area contributed by atoms with Crippen LogP contribution in [0.15, 0.2) is 118 Å². The van der Waals surface area contributed by atoms with Gasteiger partial charge in [-0.2, -0.15) is 22.7 Å². The van der Waals surface area contributed by atoms with Gasteiger partial charge in [0.1, 0.15) is 0 Å². The van der Waals surface area contributed by atoms with Crippen molar-refractivity contribution in [1.82, 2.24) is 0 Å². The fourth-order valence-electron chi connectivity index (χ4n) is 4.21. The van der Waals surface area contributed by atoms with Gasteiger partial charge in [0.25, 0.3) is 11.4 Å². The van der Waals surface area contributed by atoms with Gasteiger partial charge in [-0.15, -0.1) is 11.3 Å². The van der Waals surface area contributed by atoms with Crippen molar-refractivity contribution in [2.75, 3.05) is 0 Å². The van der Waals surface area contributed by atoms with Crippen molar-refractivity contribution in [3.8, 4) is 22.3 Å². The molecule has 16 heteroatoms. The van der Waals surface area contributed by atoms with Crippen molar-refractivity contribution in [3.05, 3.63) is 148 Å². The minimum atomic E-state index is -1.30. The molecule has 0 spiro atoms. The molecule has 7 rings (SSSR count). The lowest BCUT2D eigenvalue weighted by Gasteiger charge is -2.00. The predicted molar refractivity (Wildman–Crippen MR) is 207 cm³/mol. The first-order valence-corrected chi connectivity index (χ1v) is 19.2. The molecule has 0 bridgehead atoms. The molecular weight excluding hydrogens is 923 g/mol. The lowest BCUT2D eigenvalue weighted by Crippen LogP contribution is -2.27. The van der Waals surface area contributed by atoms with Crippen LogP contribution in [0.5, 0.6) is 0 Å². The van der Waals surface area contributed by atoms with Gasteiger partial charge in [0.05, 0.1) is 19.9 Å². The molecule has 0 radical (unpaired) electrons. The molecule has 0 unspecified atom stereocenters. The maximum absolute atomic E-state index is 10.8. The molecule has 0 saturated carbocycles. The van der Waals surface area contributed by atoms with Gasteiger partial charge in [-0.3, -0.25) is 20.2 Å². The van der Waals surface area contributed by atoms with Crippen LogP contribution in [0.2, 0.25) is 0 Å². The molecule has 0 amide bonds. The summed E-state index contributed by atoms with van der Waals surface area (Å²) in [7, 11) is -1.30. The molecule has 3 aromatic heterocycles. The summed E-state index contributed by atoms with van der Waals surface area (Å²) >= 11 is 17.9. The van der Waals surface area contributed by atoms with Crippen LogP contribution < -0.4 is 5.46 Å². The normalized spacial score (nSPS) is 10.6. The van der Waals surface area contributed by atoms with E-state index < -0.39 is 12.0 Å². The van der Waals surface area contributed by atoms with Crippen LogP contribution in [-0.2, 0) is 6.42 Å². The quantitative estimate of drug-likeness (QED) is 0.103. The first-order chi connectivity index (χ1) is 22.4. The van der Waals surface area contributed by atoms with E-state index in [1.54, 1.807) is 41.1 Å². The van der Waals surface area contributed by atoms with Crippen molar-refractivity contribution in [2.45, 2.75) is 6.42 Å². The van der Waals surface area contributed by atoms with E-state index in [0.29, 0.717) is 15.5 Å². The number of hydrogen-bond acceptors (Lipinski definition) is 9. The summed E-state index contributed by atoms with van der Waals surface area (Å²) in [6.07, 6.45) is 1.12. The Balaban J connectivity index is 0.000000145. The number of nitro benzene ring substituents is 2. The highest BCUT2D eigenvalue weighted by molar-refractivity contribution is 9.11. The Labute approximate surface area is 315 Å². The molecule has 6 aromatic rings. The summed E-state index contributed by atoms with van der Waals surface area (Å²) in [4.78, 5) is 21.8. The molecule has 240 valence electrons. The van der Waals surface area contributed by atoms with Crippen molar-refractivity contribution in [2.24, 2.45) is 0 Å². The predicted octanol–water partition coefficient (Wildman–Crippen LogP) is 10.7. The number of hydrogen-bond donors (Lipinski definition) is 2. The lowest BCUT2D eigenvalue weighted by atomic mass is 9.83. The average Bonchev–Trinajstić information content (AvgIpc) is 3.84. The summed E-state index contributed by atoms with van der Waals surface area (Å²) < 4.78 is 3.31. The Hall–Kier alpha value is -2.54. The minimum absolute atomic E-state index is 0.0770. The largest absolute Gasteiger partial charge is 0.489 e. The number of halogens is 4. The number of rotatable bonds is 4. The Morgan fingerprint density at radius 2 is 1.26 bits per heavy atom. The Bertz CT molecular complexity index is 1970. The molecule has 0 aliphatic heterocycles. The second-order valence-electron chi connectivity index (χ2n) is 9.45. The molecule has 3 aromatic carbocycles. The fraction of sp³-hybridized carbons (Fsp3) is 0.0323. The van der Waals surface area contributed by atoms with E-state index in [1.165, 1.54) is 60.8 Å². The third kappa shape index (κ3) is 10.5. The SMILES string of the molecule is Brc1ccc2c(c1)-c1ccsc1C2.O=[N+]([O-])c1ccc(Br)cc1-c1ccsc1.O=[N+]([O-])c1ccc(Br)cc1Br.OB(O)c1ccsc1. The van der Waals surface area contributed by atoms with Crippen LogP contribution >= 0.6 is 97.7 Å². The highest BCUT2D eigenvalue weighted by Crippen LogP contribution is 2.40. The lowest BCUT2D eigenvalue weighted by molar-refractivity contribution is -0.385. The molecule has 2 N–H and O–H groups in total. The highest BCUT2D eigenvalue weighted by Gasteiger charge is 2.19. The Morgan fingerprint density at radius 3 is 1.81 bits per heavy atom. The van der Waals surface area contributed by atoms with E-state index in [2.05, 4.69) is 93.4 Å². The number of benzene rings is 3. The van der Waals surface area contributed by atoms with Crippen LogP contribution in [0.4, 0.5) is 11.4 Å². The summed E-state index contributed by atoms with van der Waals surface area (Å²) in [6.45, 7) is 0. The van der Waals surface area contributed by atoms with E-state index in [1.807, 2.05) is 28.2 Å². The smallest absolute Gasteiger partial charge is 0.423 e. The zero-order valence-corrected chi connectivity index (χ0v) is 32.6. The van der Waals surface area contributed by atoms with E-state index in [0.717, 1.165) is 20.9 Å². The number of fused-ring (bicyclic) bond motifs is 3. The maximum Gasteiger partial charge on any atom is 0.489 e. The van der Waals surface area contributed by atoms with Gasteiger partial charge in [-0.1, -0.05) is 59.9 Å². The number of thiophene rings is 3. The maximum atomic E-state index is 10.8. The topological polar surface area (TPSA) is 127 Å². The molecule has 0 atom stereocenters. The van der Waals surface area contributed by atoms with E-state index in [4.69, 9.17) is 10.0 Å². The number of nitro groups is 2. The zero-order valence-electron chi connectivity index (χ0n) is 23.8. The molecular formula is C31H21BBr4N2O6S3. The fourth-order valence-corrected chi connectivity index (χ4v) is 8.37. The Kier molecular flexibility index (Phi) is 14.1. The molecule has 0 fully saturated rings. The van der Waals surface area contributed by atoms with Gasteiger partial charge in [-0.25, -0.2) is 0 Å². The average molecular weight is 944 g/mol. The monoisotopic (exact) mass is 940 g/mol. The summed E-state index contributed by atoms with van der Waals surface area (Å²) in [5.41, 5.74) is 6.61. The molecule has 1 aliphatic rings. The van der Waals surface area contributed by atoms with Crippen LogP contribution in [0, 0.1) is 20.2 Å². The summed E-state index contributed by atoms with van der Waals surface area (Å²) in [5.74, 6) is 0. The third-order valence-electron chi connectivity index (χ3n) is 6.39. The first-order valence-electron chi connectivity index (χ1n) is 13.2. The number of nitrogens with zero attached hydrogens (tertiary/aromatic N) is 2. The van der Waals surface area contributed by atoms with Crippen LogP contribution in [-0.4, -0.2) is 27.0 Å². The van der Waals surface area contributed by atoms with Crippen molar-refractivity contribution < 1.29 is 19.9 Å². The van der Waals surface area contributed by atoms with Gasteiger partial charge in [-0.05, 0) is 119 Å². The molecule has 0 saturated heterocycles. The molecule has 8 nitrogen and oxygen atoms in total. The Morgan fingerprint density at radius 1 is 0.660 bits per heavy atom. The van der Waals surface area contributed by atoms with Gasteiger partial charge in [0.15, 0.2) is 0 Å². The van der Waals surface area contributed by atoms with Crippen molar-refractivity contribution in [3.63, 3.8) is 0 Å². The second-order valence-corrected chi connectivity index (χ2v) is 15.6. The molecule has 3 heterocycles. The van der Waals surface area contributed by atoms with E-state index >= 15 is 0 Å². The van der Waals surface area contributed by atoms with Gasteiger partial charge >= 0.3 is 7.12 Å². The van der Waals surface area contributed by atoms with Crippen LogP contribution in [0.25, 0.3) is 22.3 Å². The minimum Gasteiger partial charge on any atom is -0.423 e. The first kappa shape index (κ1) is 37.3.